The lowest BCUT2D eigenvalue weighted by Crippen LogP contribution is -2.44. The van der Waals surface area contributed by atoms with Gasteiger partial charge in [0.05, 0.1) is 5.69 Å². The average Bonchev–Trinajstić information content (AvgIpc) is 2.94. The molecule has 0 radical (unpaired) electrons. The molecule has 116 valence electrons. The van der Waals surface area contributed by atoms with E-state index >= 15 is 0 Å². The Bertz CT molecular complexity index is 500. The summed E-state index contributed by atoms with van der Waals surface area (Å²) < 4.78 is 1.12. The van der Waals surface area contributed by atoms with Gasteiger partial charge in [0, 0.05) is 21.6 Å². The minimum Gasteiger partial charge on any atom is -0.381 e. The van der Waals surface area contributed by atoms with Gasteiger partial charge in [-0.3, -0.25) is 0 Å². The topological polar surface area (TPSA) is 24.1 Å². The van der Waals surface area contributed by atoms with Crippen LogP contribution in [-0.4, -0.2) is 18.6 Å². The number of nitrogens with one attached hydrogen (secondary N) is 2. The quantitative estimate of drug-likeness (QED) is 0.769. The van der Waals surface area contributed by atoms with Crippen LogP contribution in [0.25, 0.3) is 0 Å². The van der Waals surface area contributed by atoms with Gasteiger partial charge in [0.15, 0.2) is 0 Å². The first-order valence-electron chi connectivity index (χ1n) is 8.10. The largest absolute Gasteiger partial charge is 0.381 e. The zero-order chi connectivity index (χ0) is 14.8. The maximum absolute atomic E-state index is 6.28. The standard InChI is InChI=1S/C17H24BrClN2/c1-11-9-13(18)17(10-14(11)19)21-16-7-4-5-12(16)15-6-2-3-8-20-15/h9-10,12,15-16,20-21H,2-8H2,1H3. The molecule has 2 fully saturated rings. The van der Waals surface area contributed by atoms with E-state index in [1.807, 2.05) is 6.92 Å². The van der Waals surface area contributed by atoms with Crippen molar-refractivity contribution in [3.8, 4) is 0 Å². The molecule has 1 aliphatic heterocycles. The van der Waals surface area contributed by atoms with Gasteiger partial charge < -0.3 is 10.6 Å². The van der Waals surface area contributed by atoms with Crippen molar-refractivity contribution >= 4 is 33.2 Å². The molecule has 1 saturated heterocycles. The molecule has 2 N–H and O–H groups in total. The molecular formula is C17H24BrClN2. The van der Waals surface area contributed by atoms with Crippen LogP contribution in [0.1, 0.15) is 44.1 Å². The Kier molecular flexibility index (Phi) is 5.13. The first-order valence-corrected chi connectivity index (χ1v) is 9.28. The van der Waals surface area contributed by atoms with E-state index in [-0.39, 0.29) is 0 Å². The Morgan fingerprint density at radius 3 is 2.81 bits per heavy atom. The predicted molar refractivity (Wildman–Crippen MR) is 94.3 cm³/mol. The Labute approximate surface area is 141 Å². The number of aryl methyl sites for hydroxylation is 1. The second-order valence-electron chi connectivity index (χ2n) is 6.48. The molecule has 1 heterocycles. The van der Waals surface area contributed by atoms with Gasteiger partial charge in [-0.2, -0.15) is 0 Å². The fourth-order valence-corrected chi connectivity index (χ4v) is 4.59. The maximum atomic E-state index is 6.28. The van der Waals surface area contributed by atoms with Crippen molar-refractivity contribution in [2.75, 3.05) is 11.9 Å². The van der Waals surface area contributed by atoms with Crippen LogP contribution in [0.15, 0.2) is 16.6 Å². The van der Waals surface area contributed by atoms with Crippen molar-refractivity contribution in [2.24, 2.45) is 5.92 Å². The van der Waals surface area contributed by atoms with Gasteiger partial charge in [-0.25, -0.2) is 0 Å². The lowest BCUT2D eigenvalue weighted by atomic mass is 9.88. The molecule has 1 saturated carbocycles. The van der Waals surface area contributed by atoms with Crippen LogP contribution in [-0.2, 0) is 0 Å². The zero-order valence-electron chi connectivity index (χ0n) is 12.6. The summed E-state index contributed by atoms with van der Waals surface area (Å²) in [5, 5.41) is 8.33. The van der Waals surface area contributed by atoms with Crippen molar-refractivity contribution in [1.82, 2.24) is 5.32 Å². The summed E-state index contributed by atoms with van der Waals surface area (Å²) in [5.41, 5.74) is 2.25. The number of anilines is 1. The second kappa shape index (κ2) is 6.89. The molecule has 2 nitrogen and oxygen atoms in total. The third-order valence-electron chi connectivity index (χ3n) is 5.02. The second-order valence-corrected chi connectivity index (χ2v) is 7.74. The summed E-state index contributed by atoms with van der Waals surface area (Å²) in [6.07, 6.45) is 7.98. The fraction of sp³-hybridized carbons (Fsp3) is 0.647. The van der Waals surface area contributed by atoms with E-state index in [4.69, 9.17) is 11.6 Å². The summed E-state index contributed by atoms with van der Waals surface area (Å²) in [6.45, 7) is 3.23. The maximum Gasteiger partial charge on any atom is 0.0502 e. The summed E-state index contributed by atoms with van der Waals surface area (Å²) in [4.78, 5) is 0. The van der Waals surface area contributed by atoms with Crippen LogP contribution in [0.3, 0.4) is 0 Å². The van der Waals surface area contributed by atoms with Crippen LogP contribution in [0.5, 0.6) is 0 Å². The van der Waals surface area contributed by atoms with Crippen LogP contribution < -0.4 is 10.6 Å². The van der Waals surface area contributed by atoms with Crippen molar-refractivity contribution in [3.63, 3.8) is 0 Å². The molecule has 0 amide bonds. The van der Waals surface area contributed by atoms with E-state index in [0.29, 0.717) is 12.1 Å². The van der Waals surface area contributed by atoms with Gasteiger partial charge in [-0.1, -0.05) is 24.4 Å². The Hall–Kier alpha value is -0.250. The van der Waals surface area contributed by atoms with E-state index in [9.17, 15) is 0 Å². The number of hydrogen-bond donors (Lipinski definition) is 2. The third-order valence-corrected chi connectivity index (χ3v) is 6.09. The molecule has 0 spiro atoms. The summed E-state index contributed by atoms with van der Waals surface area (Å²) in [5.74, 6) is 0.747. The van der Waals surface area contributed by atoms with Crippen LogP contribution in [0.4, 0.5) is 5.69 Å². The highest BCUT2D eigenvalue weighted by Crippen LogP contribution is 2.36. The van der Waals surface area contributed by atoms with Gasteiger partial charge >= 0.3 is 0 Å². The van der Waals surface area contributed by atoms with Gasteiger partial charge in [0.2, 0.25) is 0 Å². The third kappa shape index (κ3) is 3.57. The van der Waals surface area contributed by atoms with Crippen LogP contribution in [0, 0.1) is 12.8 Å². The van der Waals surface area contributed by atoms with Crippen molar-refractivity contribution in [1.29, 1.82) is 0 Å². The molecule has 0 bridgehead atoms. The summed E-state index contributed by atoms with van der Waals surface area (Å²) >= 11 is 9.95. The minimum atomic E-state index is 0.565. The van der Waals surface area contributed by atoms with Gasteiger partial charge in [0.25, 0.3) is 0 Å². The van der Waals surface area contributed by atoms with E-state index in [1.54, 1.807) is 0 Å². The first-order chi connectivity index (χ1) is 10.1. The molecule has 1 aromatic carbocycles. The Balaban J connectivity index is 1.72. The highest BCUT2D eigenvalue weighted by atomic mass is 79.9. The Morgan fingerprint density at radius 2 is 2.05 bits per heavy atom. The molecule has 0 aromatic heterocycles. The SMILES string of the molecule is Cc1cc(Br)c(NC2CCCC2C2CCCCN2)cc1Cl. The fourth-order valence-electron chi connectivity index (χ4n) is 3.85. The predicted octanol–water partition coefficient (Wildman–Crippen LogP) is 5.13. The van der Waals surface area contributed by atoms with Crippen LogP contribution >= 0.6 is 27.5 Å². The van der Waals surface area contributed by atoms with Gasteiger partial charge in [0.1, 0.15) is 0 Å². The van der Waals surface area contributed by atoms with Crippen molar-refractivity contribution in [3.05, 3.63) is 27.2 Å². The molecule has 3 rings (SSSR count). The number of hydrogen-bond acceptors (Lipinski definition) is 2. The summed E-state index contributed by atoms with van der Waals surface area (Å²) in [6, 6.07) is 5.42. The zero-order valence-corrected chi connectivity index (χ0v) is 14.9. The normalized spacial score (nSPS) is 29.6. The minimum absolute atomic E-state index is 0.565. The molecule has 3 atom stereocenters. The molecule has 1 aromatic rings. The number of rotatable bonds is 3. The van der Waals surface area contributed by atoms with E-state index in [0.717, 1.165) is 26.7 Å². The van der Waals surface area contributed by atoms with Crippen molar-refractivity contribution in [2.45, 2.75) is 57.5 Å². The van der Waals surface area contributed by atoms with Crippen LogP contribution in [0.2, 0.25) is 5.02 Å². The number of halogens is 2. The lowest BCUT2D eigenvalue weighted by molar-refractivity contribution is 0.286. The molecule has 2 aliphatic rings. The van der Waals surface area contributed by atoms with Crippen molar-refractivity contribution < 1.29 is 0 Å². The molecule has 1 aliphatic carbocycles. The van der Waals surface area contributed by atoms with Gasteiger partial charge in [-0.15, -0.1) is 0 Å². The highest BCUT2D eigenvalue weighted by molar-refractivity contribution is 9.10. The van der Waals surface area contributed by atoms with E-state index in [2.05, 4.69) is 38.7 Å². The first kappa shape index (κ1) is 15.6. The molecule has 4 heteroatoms. The molecule has 21 heavy (non-hydrogen) atoms. The van der Waals surface area contributed by atoms with Gasteiger partial charge in [-0.05, 0) is 78.7 Å². The number of piperidine rings is 1. The van der Waals surface area contributed by atoms with E-state index < -0.39 is 0 Å². The lowest BCUT2D eigenvalue weighted by Gasteiger charge is -2.33. The molecular weight excluding hydrogens is 348 g/mol. The molecule has 3 unspecified atom stereocenters. The Morgan fingerprint density at radius 1 is 1.19 bits per heavy atom. The summed E-state index contributed by atoms with van der Waals surface area (Å²) in [7, 11) is 0. The van der Waals surface area contributed by atoms with E-state index in [1.165, 1.54) is 45.1 Å². The smallest absolute Gasteiger partial charge is 0.0502 e. The monoisotopic (exact) mass is 370 g/mol. The highest BCUT2D eigenvalue weighted by Gasteiger charge is 2.34. The average molecular weight is 372 g/mol. The number of benzene rings is 1.